The smallest absolute Gasteiger partial charge is 0.170 e. The van der Waals surface area contributed by atoms with Crippen LogP contribution in [-0.2, 0) is 6.61 Å². The highest BCUT2D eigenvalue weighted by molar-refractivity contribution is 6.71. The maximum Gasteiger partial charge on any atom is 0.170 e. The van der Waals surface area contributed by atoms with Crippen molar-refractivity contribution in [1.29, 1.82) is 0 Å². The van der Waals surface area contributed by atoms with Gasteiger partial charge in [-0.05, 0) is 5.56 Å². The normalized spacial score (nSPS) is 9.73. The zero-order valence-corrected chi connectivity index (χ0v) is 7.04. The minimum Gasteiger partial charge on any atom is -0.392 e. The van der Waals surface area contributed by atoms with Crippen LogP contribution in [0.15, 0.2) is 24.3 Å². The molecular formula is C9H13BO. The van der Waals surface area contributed by atoms with Gasteiger partial charge in [0.2, 0.25) is 0 Å². The maximum absolute atomic E-state index is 8.97. The molecule has 0 heterocycles. The number of hydrogen-bond donors (Lipinski definition) is 1. The Morgan fingerprint density at radius 2 is 1.91 bits per heavy atom. The van der Waals surface area contributed by atoms with Gasteiger partial charge in [0.1, 0.15) is 0 Å². The highest BCUT2D eigenvalue weighted by Crippen LogP contribution is 1.97. The summed E-state index contributed by atoms with van der Waals surface area (Å²) in [6.45, 7) is 4.91. The zero-order chi connectivity index (χ0) is 8.27. The minimum atomic E-state index is 0.147. The van der Waals surface area contributed by atoms with Crippen LogP contribution in [0.5, 0.6) is 0 Å². The number of aliphatic hydroxyl groups excluding tert-OH is 1. The highest BCUT2D eigenvalue weighted by atomic mass is 16.3. The van der Waals surface area contributed by atoms with Gasteiger partial charge in [-0.15, -0.1) is 0 Å². The molecule has 0 bridgehead atoms. The van der Waals surface area contributed by atoms with Crippen LogP contribution in [0.3, 0.4) is 0 Å². The lowest BCUT2D eigenvalue weighted by Gasteiger charge is -2.07. The number of aliphatic hydroxyl groups is 1. The Labute approximate surface area is 68.1 Å². The fourth-order valence-electron chi connectivity index (χ4n) is 1.24. The quantitative estimate of drug-likeness (QED) is 0.623. The van der Waals surface area contributed by atoms with E-state index in [2.05, 4.69) is 19.7 Å². The van der Waals surface area contributed by atoms with Gasteiger partial charge in [0.25, 0.3) is 0 Å². The molecule has 1 N–H and O–H groups in total. The van der Waals surface area contributed by atoms with E-state index in [1.54, 1.807) is 0 Å². The second-order valence-electron chi connectivity index (χ2n) is 3.01. The first-order valence-corrected chi connectivity index (χ1v) is 3.94. The van der Waals surface area contributed by atoms with E-state index in [1.807, 2.05) is 18.2 Å². The Kier molecular flexibility index (Phi) is 2.72. The molecule has 0 radical (unpaired) electrons. The summed E-state index contributed by atoms with van der Waals surface area (Å²) in [5.74, 6) is 0. The zero-order valence-electron chi connectivity index (χ0n) is 7.04. The summed E-state index contributed by atoms with van der Waals surface area (Å²) >= 11 is 0. The molecule has 0 amide bonds. The van der Waals surface area contributed by atoms with Gasteiger partial charge in [-0.25, -0.2) is 0 Å². The lowest BCUT2D eigenvalue weighted by Crippen LogP contribution is -2.26. The molecule has 1 rings (SSSR count). The summed E-state index contributed by atoms with van der Waals surface area (Å²) in [7, 11) is 0. The minimum absolute atomic E-state index is 0.147. The van der Waals surface area contributed by atoms with E-state index >= 15 is 0 Å². The van der Waals surface area contributed by atoms with Gasteiger partial charge in [-0.1, -0.05) is 43.4 Å². The van der Waals surface area contributed by atoms with Crippen LogP contribution in [0.4, 0.5) is 0 Å². The van der Waals surface area contributed by atoms with Crippen molar-refractivity contribution >= 4 is 12.2 Å². The van der Waals surface area contributed by atoms with E-state index in [1.165, 1.54) is 5.46 Å². The van der Waals surface area contributed by atoms with Gasteiger partial charge in [0, 0.05) is 0 Å². The third kappa shape index (κ3) is 1.84. The molecule has 0 fully saturated rings. The van der Waals surface area contributed by atoms with Crippen LogP contribution in [0.2, 0.25) is 13.6 Å². The average Bonchev–Trinajstić information content (AvgIpc) is 2.04. The Hall–Kier alpha value is -0.755. The molecule has 1 aromatic carbocycles. The number of hydrogen-bond acceptors (Lipinski definition) is 1. The van der Waals surface area contributed by atoms with Crippen molar-refractivity contribution in [3.05, 3.63) is 29.8 Å². The van der Waals surface area contributed by atoms with Crippen LogP contribution in [0.1, 0.15) is 5.56 Å². The molecule has 0 aromatic heterocycles. The lowest BCUT2D eigenvalue weighted by atomic mass is 9.48. The first-order chi connectivity index (χ1) is 5.25. The van der Waals surface area contributed by atoms with Gasteiger partial charge in [0.05, 0.1) is 6.61 Å². The second kappa shape index (κ2) is 3.58. The van der Waals surface area contributed by atoms with Crippen LogP contribution in [0.25, 0.3) is 0 Å². The van der Waals surface area contributed by atoms with E-state index in [9.17, 15) is 0 Å². The molecule has 0 aliphatic carbocycles. The SMILES string of the molecule is CB(C)c1ccccc1CO. The van der Waals surface area contributed by atoms with Crippen molar-refractivity contribution in [2.24, 2.45) is 0 Å². The van der Waals surface area contributed by atoms with Gasteiger partial charge in [0.15, 0.2) is 6.71 Å². The van der Waals surface area contributed by atoms with Crippen LogP contribution >= 0.6 is 0 Å². The first-order valence-electron chi connectivity index (χ1n) is 3.94. The van der Waals surface area contributed by atoms with E-state index in [0.717, 1.165) is 5.56 Å². The maximum atomic E-state index is 8.97. The van der Waals surface area contributed by atoms with Crippen molar-refractivity contribution in [1.82, 2.24) is 0 Å². The summed E-state index contributed by atoms with van der Waals surface area (Å²) in [6, 6.07) is 8.00. The summed E-state index contributed by atoms with van der Waals surface area (Å²) in [5.41, 5.74) is 2.29. The van der Waals surface area contributed by atoms with Crippen molar-refractivity contribution in [2.45, 2.75) is 20.3 Å². The summed E-state index contributed by atoms with van der Waals surface area (Å²) < 4.78 is 0. The monoisotopic (exact) mass is 148 g/mol. The fraction of sp³-hybridized carbons (Fsp3) is 0.333. The molecule has 1 nitrogen and oxygen atoms in total. The first kappa shape index (κ1) is 8.34. The average molecular weight is 148 g/mol. The van der Waals surface area contributed by atoms with Gasteiger partial charge in [-0.3, -0.25) is 0 Å². The molecule has 1 aromatic rings. The van der Waals surface area contributed by atoms with Crippen LogP contribution in [-0.4, -0.2) is 11.8 Å². The molecule has 2 heteroatoms. The Morgan fingerprint density at radius 3 is 2.36 bits per heavy atom. The predicted octanol–water partition coefficient (Wildman–Crippen LogP) is 1.14. The lowest BCUT2D eigenvalue weighted by molar-refractivity contribution is 0.283. The third-order valence-electron chi connectivity index (χ3n) is 1.85. The van der Waals surface area contributed by atoms with E-state index in [4.69, 9.17) is 5.11 Å². The van der Waals surface area contributed by atoms with E-state index in [0.29, 0.717) is 6.71 Å². The molecule has 0 saturated carbocycles. The molecule has 0 saturated heterocycles. The standard InChI is InChI=1S/C9H13BO/c1-10(2)9-6-4-3-5-8(9)7-11/h3-6,11H,7H2,1-2H3. The molecule has 11 heavy (non-hydrogen) atoms. The topological polar surface area (TPSA) is 20.2 Å². The molecule has 0 unspecified atom stereocenters. The van der Waals surface area contributed by atoms with Gasteiger partial charge in [-0.2, -0.15) is 0 Å². The summed E-state index contributed by atoms with van der Waals surface area (Å²) in [6.07, 6.45) is 0. The molecule has 58 valence electrons. The third-order valence-corrected chi connectivity index (χ3v) is 1.85. The van der Waals surface area contributed by atoms with Crippen molar-refractivity contribution < 1.29 is 5.11 Å². The van der Waals surface area contributed by atoms with Crippen molar-refractivity contribution in [3.8, 4) is 0 Å². The Bertz CT molecular complexity index is 233. The van der Waals surface area contributed by atoms with Crippen molar-refractivity contribution in [2.75, 3.05) is 0 Å². The van der Waals surface area contributed by atoms with Crippen LogP contribution < -0.4 is 5.46 Å². The highest BCUT2D eigenvalue weighted by Gasteiger charge is 2.06. The Morgan fingerprint density at radius 1 is 1.27 bits per heavy atom. The predicted molar refractivity (Wildman–Crippen MR) is 49.5 cm³/mol. The van der Waals surface area contributed by atoms with E-state index < -0.39 is 0 Å². The Balaban J connectivity index is 3.02. The van der Waals surface area contributed by atoms with Crippen molar-refractivity contribution in [3.63, 3.8) is 0 Å². The van der Waals surface area contributed by atoms with Gasteiger partial charge < -0.3 is 5.11 Å². The molecule has 0 aliphatic heterocycles. The fourth-order valence-corrected chi connectivity index (χ4v) is 1.24. The van der Waals surface area contributed by atoms with Gasteiger partial charge >= 0.3 is 0 Å². The molecule has 0 atom stereocenters. The molecule has 0 spiro atoms. The molecule has 0 aliphatic rings. The number of rotatable bonds is 2. The van der Waals surface area contributed by atoms with E-state index in [-0.39, 0.29) is 6.61 Å². The second-order valence-corrected chi connectivity index (χ2v) is 3.01. The molecular weight excluding hydrogens is 135 g/mol. The van der Waals surface area contributed by atoms with Crippen LogP contribution in [0, 0.1) is 0 Å². The number of benzene rings is 1. The summed E-state index contributed by atoms with van der Waals surface area (Å²) in [5, 5.41) is 8.97. The largest absolute Gasteiger partial charge is 0.392 e. The summed E-state index contributed by atoms with van der Waals surface area (Å²) in [4.78, 5) is 0.